The van der Waals surface area contributed by atoms with Gasteiger partial charge in [0.25, 0.3) is 5.91 Å². The van der Waals surface area contributed by atoms with Crippen molar-refractivity contribution in [2.45, 2.75) is 25.8 Å². The van der Waals surface area contributed by atoms with Gasteiger partial charge in [-0.1, -0.05) is 33.3 Å². The molecule has 2 aromatic rings. The summed E-state index contributed by atoms with van der Waals surface area (Å²) in [5.74, 6) is 0.0384. The minimum Gasteiger partial charge on any atom is -0.382 e. The van der Waals surface area contributed by atoms with Crippen molar-refractivity contribution in [3.05, 3.63) is 33.1 Å². The van der Waals surface area contributed by atoms with E-state index in [0.717, 1.165) is 28.6 Å². The lowest BCUT2D eigenvalue weighted by atomic mass is 10.2. The number of benzene rings is 1. The molecule has 0 radical (unpaired) electrons. The first-order chi connectivity index (χ1) is 10.0. The number of rotatable bonds is 4. The number of anilines is 3. The number of nitrogens with two attached hydrogens (primary N) is 1. The number of carbonyl (C=O) groups is 1. The molecular weight excluding hydrogens is 352 g/mol. The lowest BCUT2D eigenvalue weighted by Crippen LogP contribution is -2.12. The number of carbonyl (C=O) groups excluding carboxylic acids is 1. The SMILES string of the molecule is Cc1ccc(NC(=O)c2sc(NC3CC3)nc2N)cc1Br. The van der Waals surface area contributed by atoms with Crippen LogP contribution in [0.25, 0.3) is 0 Å². The third-order valence-corrected chi connectivity index (χ3v) is 5.05. The molecule has 0 atom stereocenters. The van der Waals surface area contributed by atoms with Gasteiger partial charge in [-0.2, -0.15) is 0 Å². The number of amides is 1. The van der Waals surface area contributed by atoms with Crippen LogP contribution in [0.1, 0.15) is 28.1 Å². The van der Waals surface area contributed by atoms with E-state index < -0.39 is 0 Å². The van der Waals surface area contributed by atoms with Crippen LogP contribution in [0.2, 0.25) is 0 Å². The molecule has 0 bridgehead atoms. The van der Waals surface area contributed by atoms with Gasteiger partial charge in [-0.3, -0.25) is 4.79 Å². The van der Waals surface area contributed by atoms with Crippen LogP contribution in [0.4, 0.5) is 16.6 Å². The molecule has 4 N–H and O–H groups in total. The molecular formula is C14H15BrN4OS. The number of halogens is 1. The molecule has 1 heterocycles. The fourth-order valence-electron chi connectivity index (χ4n) is 1.82. The molecule has 5 nitrogen and oxygen atoms in total. The number of hydrogen-bond donors (Lipinski definition) is 3. The van der Waals surface area contributed by atoms with Crippen molar-refractivity contribution in [3.8, 4) is 0 Å². The fraction of sp³-hybridized carbons (Fsp3) is 0.286. The van der Waals surface area contributed by atoms with E-state index in [1.807, 2.05) is 25.1 Å². The Hall–Kier alpha value is -1.60. The monoisotopic (exact) mass is 366 g/mol. The maximum atomic E-state index is 12.3. The van der Waals surface area contributed by atoms with E-state index in [1.54, 1.807) is 0 Å². The van der Waals surface area contributed by atoms with E-state index in [0.29, 0.717) is 16.1 Å². The highest BCUT2D eigenvalue weighted by Gasteiger charge is 2.24. The lowest BCUT2D eigenvalue weighted by Gasteiger charge is -2.06. The topological polar surface area (TPSA) is 80.0 Å². The van der Waals surface area contributed by atoms with Crippen molar-refractivity contribution >= 4 is 49.8 Å². The highest BCUT2D eigenvalue weighted by atomic mass is 79.9. The largest absolute Gasteiger partial charge is 0.382 e. The quantitative estimate of drug-likeness (QED) is 0.771. The Kier molecular flexibility index (Phi) is 3.86. The average molecular weight is 367 g/mol. The van der Waals surface area contributed by atoms with Gasteiger partial charge in [0.1, 0.15) is 10.7 Å². The highest BCUT2D eigenvalue weighted by molar-refractivity contribution is 9.10. The Morgan fingerprint density at radius 2 is 2.24 bits per heavy atom. The zero-order valence-electron chi connectivity index (χ0n) is 11.4. The zero-order chi connectivity index (χ0) is 15.0. The van der Waals surface area contributed by atoms with E-state index in [4.69, 9.17) is 5.73 Å². The Morgan fingerprint density at radius 3 is 2.90 bits per heavy atom. The predicted octanol–water partition coefficient (Wildman–Crippen LogP) is 3.62. The van der Waals surface area contributed by atoms with Gasteiger partial charge in [-0.05, 0) is 37.5 Å². The second-order valence-electron chi connectivity index (χ2n) is 5.07. The molecule has 21 heavy (non-hydrogen) atoms. The summed E-state index contributed by atoms with van der Waals surface area (Å²) in [5.41, 5.74) is 7.67. The Labute approximate surface area is 135 Å². The average Bonchev–Trinajstić information content (AvgIpc) is 3.16. The van der Waals surface area contributed by atoms with Crippen LogP contribution in [0.15, 0.2) is 22.7 Å². The molecule has 1 saturated carbocycles. The van der Waals surface area contributed by atoms with Crippen molar-refractivity contribution < 1.29 is 4.79 Å². The van der Waals surface area contributed by atoms with Crippen molar-refractivity contribution in [2.24, 2.45) is 0 Å². The summed E-state index contributed by atoms with van der Waals surface area (Å²) in [6.45, 7) is 1.99. The van der Waals surface area contributed by atoms with Crippen molar-refractivity contribution in [2.75, 3.05) is 16.4 Å². The van der Waals surface area contributed by atoms with Gasteiger partial charge in [0.2, 0.25) is 0 Å². The second-order valence-corrected chi connectivity index (χ2v) is 6.92. The van der Waals surface area contributed by atoms with E-state index in [1.165, 1.54) is 11.3 Å². The zero-order valence-corrected chi connectivity index (χ0v) is 13.8. The molecule has 0 aliphatic heterocycles. The normalized spacial score (nSPS) is 14.0. The number of nitrogens with zero attached hydrogens (tertiary/aromatic N) is 1. The standard InChI is InChI=1S/C14H15BrN4OS/c1-7-2-3-9(6-10(7)15)17-13(20)11-12(16)19-14(21-11)18-8-4-5-8/h2-3,6,8H,4-5,16H2,1H3,(H,17,20)(H,18,19). The summed E-state index contributed by atoms with van der Waals surface area (Å²) in [6.07, 6.45) is 2.30. The molecule has 3 rings (SSSR count). The van der Waals surface area contributed by atoms with Crippen LogP contribution < -0.4 is 16.4 Å². The van der Waals surface area contributed by atoms with Gasteiger partial charge in [0, 0.05) is 16.2 Å². The molecule has 0 saturated heterocycles. The van der Waals surface area contributed by atoms with Gasteiger partial charge >= 0.3 is 0 Å². The first-order valence-electron chi connectivity index (χ1n) is 6.63. The highest BCUT2D eigenvalue weighted by Crippen LogP contribution is 2.31. The maximum Gasteiger partial charge on any atom is 0.269 e. The summed E-state index contributed by atoms with van der Waals surface area (Å²) in [6, 6.07) is 6.15. The Balaban J connectivity index is 1.74. The Morgan fingerprint density at radius 1 is 1.48 bits per heavy atom. The van der Waals surface area contributed by atoms with Crippen LogP contribution in [0.5, 0.6) is 0 Å². The van der Waals surface area contributed by atoms with E-state index in [9.17, 15) is 4.79 Å². The summed E-state index contributed by atoms with van der Waals surface area (Å²) >= 11 is 4.74. The molecule has 110 valence electrons. The van der Waals surface area contributed by atoms with Crippen molar-refractivity contribution in [3.63, 3.8) is 0 Å². The molecule has 1 amide bonds. The van der Waals surface area contributed by atoms with Crippen LogP contribution in [-0.4, -0.2) is 16.9 Å². The van der Waals surface area contributed by atoms with Gasteiger partial charge in [0.15, 0.2) is 5.13 Å². The first-order valence-corrected chi connectivity index (χ1v) is 8.24. The predicted molar refractivity (Wildman–Crippen MR) is 90.0 cm³/mol. The second kappa shape index (κ2) is 5.65. The summed E-state index contributed by atoms with van der Waals surface area (Å²) in [7, 11) is 0. The van der Waals surface area contributed by atoms with Gasteiger partial charge in [0.05, 0.1) is 0 Å². The van der Waals surface area contributed by atoms with Gasteiger partial charge in [-0.25, -0.2) is 4.98 Å². The minimum atomic E-state index is -0.232. The van der Waals surface area contributed by atoms with E-state index in [2.05, 4.69) is 31.5 Å². The third-order valence-electron chi connectivity index (χ3n) is 3.19. The smallest absolute Gasteiger partial charge is 0.269 e. The van der Waals surface area contributed by atoms with Crippen molar-refractivity contribution in [1.29, 1.82) is 0 Å². The molecule has 1 aromatic carbocycles. The summed E-state index contributed by atoms with van der Waals surface area (Å²) in [5, 5.41) is 6.81. The van der Waals surface area contributed by atoms with Gasteiger partial charge in [-0.15, -0.1) is 0 Å². The molecule has 7 heteroatoms. The number of thiazole rings is 1. The Bertz CT molecular complexity index is 696. The van der Waals surface area contributed by atoms with Crippen LogP contribution in [-0.2, 0) is 0 Å². The molecule has 1 fully saturated rings. The number of nitrogen functional groups attached to an aromatic ring is 1. The summed E-state index contributed by atoms with van der Waals surface area (Å²) < 4.78 is 0.952. The maximum absolute atomic E-state index is 12.3. The number of aryl methyl sites for hydroxylation is 1. The molecule has 0 unspecified atom stereocenters. The number of nitrogens with one attached hydrogen (secondary N) is 2. The van der Waals surface area contributed by atoms with Crippen LogP contribution in [0, 0.1) is 6.92 Å². The van der Waals surface area contributed by atoms with Crippen molar-refractivity contribution in [1.82, 2.24) is 4.98 Å². The van der Waals surface area contributed by atoms with Crippen LogP contribution >= 0.6 is 27.3 Å². The first kappa shape index (κ1) is 14.3. The molecule has 0 spiro atoms. The lowest BCUT2D eigenvalue weighted by molar-refractivity contribution is 0.103. The minimum absolute atomic E-state index is 0.232. The molecule has 1 aliphatic carbocycles. The van der Waals surface area contributed by atoms with E-state index >= 15 is 0 Å². The van der Waals surface area contributed by atoms with E-state index in [-0.39, 0.29) is 11.7 Å². The van der Waals surface area contributed by atoms with Crippen LogP contribution in [0.3, 0.4) is 0 Å². The molecule has 1 aliphatic rings. The molecule has 1 aromatic heterocycles. The van der Waals surface area contributed by atoms with Gasteiger partial charge < -0.3 is 16.4 Å². The third kappa shape index (κ3) is 3.36. The fourth-order valence-corrected chi connectivity index (χ4v) is 3.05. The number of aromatic nitrogens is 1. The summed E-state index contributed by atoms with van der Waals surface area (Å²) in [4.78, 5) is 16.9. The number of hydrogen-bond acceptors (Lipinski definition) is 5.